The summed E-state index contributed by atoms with van der Waals surface area (Å²) < 4.78 is 66.5. The van der Waals surface area contributed by atoms with Crippen molar-refractivity contribution in [1.29, 1.82) is 0 Å². The van der Waals surface area contributed by atoms with E-state index in [-0.39, 0.29) is 13.0 Å². The molecule has 0 unspecified atom stereocenters. The normalized spacial score (nSPS) is 13.3. The molecule has 0 aliphatic carbocycles. The lowest BCUT2D eigenvalue weighted by atomic mass is 10.1. The number of amides is 1. The molecule has 2 aromatic rings. The van der Waals surface area contributed by atoms with Crippen LogP contribution in [0.3, 0.4) is 0 Å². The van der Waals surface area contributed by atoms with Crippen LogP contribution in [0.2, 0.25) is 0 Å². The van der Waals surface area contributed by atoms with E-state index in [1.165, 1.54) is 12.1 Å². The number of anilines is 3. The molecule has 2 atom stereocenters. The Kier molecular flexibility index (Phi) is 10.1. The summed E-state index contributed by atoms with van der Waals surface area (Å²) >= 11 is 0. The van der Waals surface area contributed by atoms with Gasteiger partial charge in [-0.3, -0.25) is 4.79 Å². The van der Waals surface area contributed by atoms with Crippen molar-refractivity contribution in [2.75, 3.05) is 28.6 Å². The Bertz CT molecular complexity index is 914. The van der Waals surface area contributed by atoms with Gasteiger partial charge in [0.1, 0.15) is 6.17 Å². The van der Waals surface area contributed by atoms with E-state index >= 15 is 0 Å². The van der Waals surface area contributed by atoms with Gasteiger partial charge in [0.15, 0.2) is 0 Å². The molecule has 0 aliphatic rings. The molecule has 0 fully saturated rings. The SMILES string of the molecule is CCCC[C@@H](F)[C@@H](F)C(=O)Nc1ccc(NCc2ccc(C(F)(F)F)cc2)cc1N(CC)CC. The lowest BCUT2D eigenvalue weighted by Crippen LogP contribution is -2.33. The summed E-state index contributed by atoms with van der Waals surface area (Å²) in [6, 6.07) is 9.92. The average Bonchev–Trinajstić information content (AvgIpc) is 2.82. The van der Waals surface area contributed by atoms with Crippen LogP contribution in [0.4, 0.5) is 39.0 Å². The van der Waals surface area contributed by atoms with Crippen LogP contribution in [0, 0.1) is 0 Å². The molecular weight excluding hydrogens is 453 g/mol. The molecule has 0 spiro atoms. The Morgan fingerprint density at radius 3 is 2.21 bits per heavy atom. The highest BCUT2D eigenvalue weighted by Gasteiger charge is 2.30. The summed E-state index contributed by atoms with van der Waals surface area (Å²) in [6.45, 7) is 7.24. The first kappa shape index (κ1) is 27.4. The van der Waals surface area contributed by atoms with E-state index < -0.39 is 30.0 Å². The zero-order valence-electron chi connectivity index (χ0n) is 19.7. The van der Waals surface area contributed by atoms with Gasteiger partial charge in [0, 0.05) is 25.3 Å². The van der Waals surface area contributed by atoms with Crippen LogP contribution in [0.25, 0.3) is 0 Å². The van der Waals surface area contributed by atoms with Gasteiger partial charge in [-0.2, -0.15) is 13.2 Å². The quantitative estimate of drug-likeness (QED) is 0.319. The van der Waals surface area contributed by atoms with E-state index in [0.717, 1.165) is 12.1 Å². The molecule has 0 radical (unpaired) electrons. The maximum atomic E-state index is 14.3. The molecule has 1 amide bonds. The zero-order valence-corrected chi connectivity index (χ0v) is 19.7. The zero-order chi connectivity index (χ0) is 25.3. The smallest absolute Gasteiger partial charge is 0.381 e. The Balaban J connectivity index is 2.16. The van der Waals surface area contributed by atoms with Crippen molar-refractivity contribution in [2.24, 2.45) is 0 Å². The molecule has 0 heterocycles. The Labute approximate surface area is 197 Å². The van der Waals surface area contributed by atoms with Crippen molar-refractivity contribution >= 4 is 23.0 Å². The summed E-state index contributed by atoms with van der Waals surface area (Å²) in [5.41, 5.74) is 1.61. The summed E-state index contributed by atoms with van der Waals surface area (Å²) in [5.74, 6) is -1.03. The van der Waals surface area contributed by atoms with Gasteiger partial charge in [-0.25, -0.2) is 8.78 Å². The third-order valence-electron chi connectivity index (χ3n) is 5.54. The summed E-state index contributed by atoms with van der Waals surface area (Å²) in [4.78, 5) is 14.3. The average molecular weight is 486 g/mol. The van der Waals surface area contributed by atoms with E-state index in [4.69, 9.17) is 0 Å². The molecule has 0 bridgehead atoms. The number of nitrogens with zero attached hydrogens (tertiary/aromatic N) is 1. The lowest BCUT2D eigenvalue weighted by molar-refractivity contribution is -0.137. The molecular formula is C25H32F5N3O. The van der Waals surface area contributed by atoms with Gasteiger partial charge < -0.3 is 15.5 Å². The maximum absolute atomic E-state index is 14.3. The molecule has 2 N–H and O–H groups in total. The monoisotopic (exact) mass is 485 g/mol. The first-order valence-corrected chi connectivity index (χ1v) is 11.5. The third-order valence-corrected chi connectivity index (χ3v) is 5.54. The number of benzene rings is 2. The summed E-state index contributed by atoms with van der Waals surface area (Å²) in [7, 11) is 0. The van der Waals surface area contributed by atoms with Crippen molar-refractivity contribution in [3.8, 4) is 0 Å². The second kappa shape index (κ2) is 12.6. The molecule has 0 aromatic heterocycles. The number of carbonyl (C=O) groups excluding carboxylic acids is 1. The van der Waals surface area contributed by atoms with Gasteiger partial charge in [-0.15, -0.1) is 0 Å². The summed E-state index contributed by atoms with van der Waals surface area (Å²) in [5, 5.41) is 5.66. The van der Waals surface area contributed by atoms with Gasteiger partial charge in [-0.05, 0) is 56.2 Å². The van der Waals surface area contributed by atoms with E-state index in [1.807, 2.05) is 25.7 Å². The molecule has 0 saturated heterocycles. The second-order valence-corrected chi connectivity index (χ2v) is 8.00. The van der Waals surface area contributed by atoms with Gasteiger partial charge in [0.05, 0.1) is 16.9 Å². The second-order valence-electron chi connectivity index (χ2n) is 8.00. The molecule has 188 valence electrons. The number of unbranched alkanes of at least 4 members (excludes halogenated alkanes) is 1. The highest BCUT2D eigenvalue weighted by atomic mass is 19.4. The molecule has 0 saturated carbocycles. The van der Waals surface area contributed by atoms with Crippen LogP contribution in [0.15, 0.2) is 42.5 Å². The van der Waals surface area contributed by atoms with Crippen molar-refractivity contribution in [3.05, 3.63) is 53.6 Å². The van der Waals surface area contributed by atoms with Gasteiger partial charge in [0.25, 0.3) is 5.91 Å². The Hall–Kier alpha value is -2.84. The van der Waals surface area contributed by atoms with E-state index in [1.54, 1.807) is 18.2 Å². The molecule has 2 rings (SSSR count). The lowest BCUT2D eigenvalue weighted by Gasteiger charge is -2.26. The van der Waals surface area contributed by atoms with Crippen LogP contribution in [0.5, 0.6) is 0 Å². The molecule has 34 heavy (non-hydrogen) atoms. The van der Waals surface area contributed by atoms with Gasteiger partial charge in [-0.1, -0.05) is 31.9 Å². The minimum absolute atomic E-state index is 0.0131. The van der Waals surface area contributed by atoms with Crippen LogP contribution in [-0.2, 0) is 17.5 Å². The number of hydrogen-bond donors (Lipinski definition) is 2. The predicted octanol–water partition coefficient (Wildman–Crippen LogP) is 6.97. The highest BCUT2D eigenvalue weighted by molar-refractivity contribution is 5.98. The Morgan fingerprint density at radius 1 is 1.00 bits per heavy atom. The van der Waals surface area contributed by atoms with Crippen LogP contribution >= 0.6 is 0 Å². The molecule has 4 nitrogen and oxygen atoms in total. The topological polar surface area (TPSA) is 44.4 Å². The standard InChI is InChI=1S/C25H32F5N3O/c1-4-7-8-20(26)23(27)24(34)32-21-14-13-19(15-22(21)33(5-2)6-3)31-16-17-9-11-18(12-10-17)25(28,29)30/h9-15,20,23,31H,4-8,16H2,1-3H3,(H,32,34)/t20-,23-/m1/s1. The largest absolute Gasteiger partial charge is 0.416 e. The van der Waals surface area contributed by atoms with Gasteiger partial charge >= 0.3 is 6.18 Å². The predicted molar refractivity (Wildman–Crippen MR) is 127 cm³/mol. The Morgan fingerprint density at radius 2 is 1.65 bits per heavy atom. The minimum Gasteiger partial charge on any atom is -0.381 e. The summed E-state index contributed by atoms with van der Waals surface area (Å²) in [6.07, 6.45) is -7.31. The minimum atomic E-state index is -4.39. The number of nitrogens with one attached hydrogen (secondary N) is 2. The first-order valence-electron chi connectivity index (χ1n) is 11.5. The third kappa shape index (κ3) is 7.60. The fraction of sp³-hybridized carbons (Fsp3) is 0.480. The van der Waals surface area contributed by atoms with E-state index in [0.29, 0.717) is 48.6 Å². The van der Waals surface area contributed by atoms with Crippen LogP contribution in [0.1, 0.15) is 51.2 Å². The molecule has 9 heteroatoms. The number of hydrogen-bond acceptors (Lipinski definition) is 3. The fourth-order valence-electron chi connectivity index (χ4n) is 3.50. The molecule has 2 aromatic carbocycles. The number of carbonyl (C=O) groups is 1. The van der Waals surface area contributed by atoms with Crippen molar-refractivity contribution in [1.82, 2.24) is 0 Å². The first-order chi connectivity index (χ1) is 16.1. The number of rotatable bonds is 12. The van der Waals surface area contributed by atoms with Crippen LogP contribution in [-0.4, -0.2) is 31.3 Å². The van der Waals surface area contributed by atoms with E-state index in [9.17, 15) is 26.7 Å². The number of alkyl halides is 5. The maximum Gasteiger partial charge on any atom is 0.416 e. The van der Waals surface area contributed by atoms with Crippen molar-refractivity contribution < 1.29 is 26.7 Å². The number of halogens is 5. The fourth-order valence-corrected chi connectivity index (χ4v) is 3.50. The van der Waals surface area contributed by atoms with E-state index in [2.05, 4.69) is 10.6 Å². The highest BCUT2D eigenvalue weighted by Crippen LogP contribution is 2.31. The van der Waals surface area contributed by atoms with Crippen molar-refractivity contribution in [3.63, 3.8) is 0 Å². The van der Waals surface area contributed by atoms with Crippen LogP contribution < -0.4 is 15.5 Å². The molecule has 0 aliphatic heterocycles. The van der Waals surface area contributed by atoms with Crippen molar-refractivity contribution in [2.45, 2.75) is 65.1 Å². The van der Waals surface area contributed by atoms with Gasteiger partial charge in [0.2, 0.25) is 6.17 Å².